The van der Waals surface area contributed by atoms with Crippen molar-refractivity contribution >= 4 is 5.96 Å². The minimum atomic E-state index is -0.537. The quantitative estimate of drug-likeness (QED) is 0.647. The van der Waals surface area contributed by atoms with Gasteiger partial charge in [-0.2, -0.15) is 0 Å². The molecule has 1 fully saturated rings. The first kappa shape index (κ1) is 15.7. The Morgan fingerprint density at radius 3 is 2.48 bits per heavy atom. The second-order valence-corrected chi connectivity index (χ2v) is 5.41. The van der Waals surface area contributed by atoms with Gasteiger partial charge < -0.3 is 10.6 Å². The Hall–Kier alpha value is -1.65. The van der Waals surface area contributed by atoms with Crippen LogP contribution in [0.3, 0.4) is 0 Å². The predicted molar refractivity (Wildman–Crippen MR) is 81.4 cm³/mol. The van der Waals surface area contributed by atoms with Crippen LogP contribution in [0.25, 0.3) is 0 Å². The maximum absolute atomic E-state index is 13.1. The molecule has 0 aromatic heterocycles. The first-order valence-corrected chi connectivity index (χ1v) is 7.67. The summed E-state index contributed by atoms with van der Waals surface area (Å²) >= 11 is 0. The maximum atomic E-state index is 13.1. The van der Waals surface area contributed by atoms with Crippen LogP contribution in [0.2, 0.25) is 0 Å². The number of halogens is 2. The van der Waals surface area contributed by atoms with Crippen LogP contribution < -0.4 is 10.6 Å². The van der Waals surface area contributed by atoms with E-state index in [1.807, 2.05) is 6.92 Å². The first-order valence-electron chi connectivity index (χ1n) is 7.67. The van der Waals surface area contributed by atoms with Gasteiger partial charge in [-0.1, -0.05) is 12.8 Å². The Morgan fingerprint density at radius 1 is 1.19 bits per heavy atom. The zero-order valence-electron chi connectivity index (χ0n) is 12.5. The minimum absolute atomic E-state index is 0.495. The Kier molecular flexibility index (Phi) is 5.96. The van der Waals surface area contributed by atoms with E-state index in [9.17, 15) is 8.78 Å². The summed E-state index contributed by atoms with van der Waals surface area (Å²) in [5.41, 5.74) is 0.632. The number of guanidine groups is 1. The van der Waals surface area contributed by atoms with E-state index in [0.29, 0.717) is 24.6 Å². The number of rotatable bonds is 5. The molecule has 0 radical (unpaired) electrons. The Balaban J connectivity index is 1.89. The third-order valence-corrected chi connectivity index (χ3v) is 3.63. The van der Waals surface area contributed by atoms with E-state index in [4.69, 9.17) is 0 Å². The molecule has 1 aliphatic rings. The number of hydrogen-bond donors (Lipinski definition) is 2. The highest BCUT2D eigenvalue weighted by Crippen LogP contribution is 2.17. The molecule has 0 amide bonds. The van der Waals surface area contributed by atoms with E-state index in [2.05, 4.69) is 15.6 Å². The Bertz CT molecular complexity index is 462. The van der Waals surface area contributed by atoms with Crippen LogP contribution in [0.4, 0.5) is 8.78 Å². The summed E-state index contributed by atoms with van der Waals surface area (Å²) in [7, 11) is 0. The van der Waals surface area contributed by atoms with Crippen molar-refractivity contribution in [1.82, 2.24) is 10.6 Å². The molecular formula is C16H23F2N3. The number of nitrogens with zero attached hydrogens (tertiary/aromatic N) is 1. The fraction of sp³-hybridized carbons (Fsp3) is 0.562. The highest BCUT2D eigenvalue weighted by atomic mass is 19.1. The molecule has 2 N–H and O–H groups in total. The van der Waals surface area contributed by atoms with Crippen molar-refractivity contribution in [1.29, 1.82) is 0 Å². The fourth-order valence-electron chi connectivity index (χ4n) is 2.64. The molecule has 0 unspecified atom stereocenters. The molecule has 3 nitrogen and oxygen atoms in total. The lowest BCUT2D eigenvalue weighted by molar-refractivity contribution is 0.579. The highest BCUT2D eigenvalue weighted by molar-refractivity contribution is 5.80. The Morgan fingerprint density at radius 2 is 1.86 bits per heavy atom. The van der Waals surface area contributed by atoms with Gasteiger partial charge in [0.05, 0.1) is 0 Å². The van der Waals surface area contributed by atoms with E-state index in [1.165, 1.54) is 37.8 Å². The molecule has 116 valence electrons. The average molecular weight is 295 g/mol. The molecule has 2 rings (SSSR count). The molecule has 21 heavy (non-hydrogen) atoms. The van der Waals surface area contributed by atoms with Gasteiger partial charge in [0, 0.05) is 25.2 Å². The molecule has 0 spiro atoms. The predicted octanol–water partition coefficient (Wildman–Crippen LogP) is 3.01. The van der Waals surface area contributed by atoms with Crippen molar-refractivity contribution in [3.8, 4) is 0 Å². The molecule has 0 bridgehead atoms. The molecule has 0 atom stereocenters. The monoisotopic (exact) mass is 295 g/mol. The normalized spacial score (nSPS) is 16.2. The molecule has 5 heteroatoms. The lowest BCUT2D eigenvalue weighted by atomic mass is 10.1. The van der Waals surface area contributed by atoms with Crippen LogP contribution in [0, 0.1) is 11.6 Å². The number of nitrogens with one attached hydrogen (secondary N) is 2. The second kappa shape index (κ2) is 7.96. The topological polar surface area (TPSA) is 36.4 Å². The van der Waals surface area contributed by atoms with E-state index < -0.39 is 11.6 Å². The highest BCUT2D eigenvalue weighted by Gasteiger charge is 2.15. The summed E-state index contributed by atoms with van der Waals surface area (Å²) in [6, 6.07) is 4.10. The average Bonchev–Trinajstić information content (AvgIpc) is 2.90. The van der Waals surface area contributed by atoms with Gasteiger partial charge in [0.2, 0.25) is 0 Å². The van der Waals surface area contributed by atoms with Gasteiger partial charge in [-0.25, -0.2) is 8.78 Å². The third-order valence-electron chi connectivity index (χ3n) is 3.63. The summed E-state index contributed by atoms with van der Waals surface area (Å²) in [5, 5.41) is 6.63. The van der Waals surface area contributed by atoms with Crippen LogP contribution in [-0.2, 0) is 6.42 Å². The largest absolute Gasteiger partial charge is 0.357 e. The van der Waals surface area contributed by atoms with Gasteiger partial charge in [-0.15, -0.1) is 0 Å². The summed E-state index contributed by atoms with van der Waals surface area (Å²) in [6.45, 7) is 3.33. The SMILES string of the molecule is CCNC(=NCCc1cc(F)cc(F)c1)NC1CCCC1. The smallest absolute Gasteiger partial charge is 0.191 e. The van der Waals surface area contributed by atoms with Crippen molar-refractivity contribution in [2.75, 3.05) is 13.1 Å². The standard InChI is InChI=1S/C16H23F2N3/c1-2-19-16(21-15-5-3-4-6-15)20-8-7-12-9-13(17)11-14(18)10-12/h9-11,15H,2-8H2,1H3,(H2,19,20,21). The van der Waals surface area contributed by atoms with Crippen LogP contribution in [-0.4, -0.2) is 25.1 Å². The van der Waals surface area contributed by atoms with Crippen LogP contribution in [0.1, 0.15) is 38.2 Å². The molecule has 1 saturated carbocycles. The number of aliphatic imine (C=N–C) groups is 1. The van der Waals surface area contributed by atoms with Gasteiger partial charge in [0.1, 0.15) is 11.6 Å². The molecule has 0 heterocycles. The summed E-state index contributed by atoms with van der Waals surface area (Å²) < 4.78 is 26.2. The van der Waals surface area contributed by atoms with Crippen molar-refractivity contribution in [2.24, 2.45) is 4.99 Å². The zero-order chi connectivity index (χ0) is 15.1. The molecule has 0 aliphatic heterocycles. The van der Waals surface area contributed by atoms with Crippen molar-refractivity contribution < 1.29 is 8.78 Å². The fourth-order valence-corrected chi connectivity index (χ4v) is 2.64. The first-order chi connectivity index (χ1) is 10.2. The zero-order valence-corrected chi connectivity index (χ0v) is 12.5. The van der Waals surface area contributed by atoms with Crippen molar-refractivity contribution in [3.05, 3.63) is 35.4 Å². The summed E-state index contributed by atoms with van der Waals surface area (Å²) in [6.07, 6.45) is 5.41. The van der Waals surface area contributed by atoms with Gasteiger partial charge in [-0.3, -0.25) is 4.99 Å². The lowest BCUT2D eigenvalue weighted by Crippen LogP contribution is -2.42. The van der Waals surface area contributed by atoms with E-state index >= 15 is 0 Å². The summed E-state index contributed by atoms with van der Waals surface area (Å²) in [4.78, 5) is 4.48. The van der Waals surface area contributed by atoms with Gasteiger partial charge in [0.25, 0.3) is 0 Å². The van der Waals surface area contributed by atoms with E-state index in [0.717, 1.165) is 18.6 Å². The number of hydrogen-bond acceptors (Lipinski definition) is 1. The van der Waals surface area contributed by atoms with Gasteiger partial charge >= 0.3 is 0 Å². The number of benzene rings is 1. The maximum Gasteiger partial charge on any atom is 0.191 e. The molecule has 1 aromatic carbocycles. The van der Waals surface area contributed by atoms with E-state index in [-0.39, 0.29) is 0 Å². The van der Waals surface area contributed by atoms with Crippen LogP contribution >= 0.6 is 0 Å². The summed E-state index contributed by atoms with van der Waals surface area (Å²) in [5.74, 6) is -0.281. The third kappa shape index (κ3) is 5.33. The van der Waals surface area contributed by atoms with Gasteiger partial charge in [0.15, 0.2) is 5.96 Å². The van der Waals surface area contributed by atoms with Crippen LogP contribution in [0.5, 0.6) is 0 Å². The van der Waals surface area contributed by atoms with Gasteiger partial charge in [-0.05, 0) is 43.9 Å². The van der Waals surface area contributed by atoms with E-state index in [1.54, 1.807) is 0 Å². The lowest BCUT2D eigenvalue weighted by Gasteiger charge is -2.16. The van der Waals surface area contributed by atoms with Crippen LogP contribution in [0.15, 0.2) is 23.2 Å². The van der Waals surface area contributed by atoms with Crippen molar-refractivity contribution in [2.45, 2.75) is 45.1 Å². The Labute approximate surface area is 124 Å². The second-order valence-electron chi connectivity index (χ2n) is 5.41. The molecule has 1 aliphatic carbocycles. The molecule has 0 saturated heterocycles. The minimum Gasteiger partial charge on any atom is -0.357 e. The van der Waals surface area contributed by atoms with Crippen molar-refractivity contribution in [3.63, 3.8) is 0 Å². The molecule has 1 aromatic rings. The molecular weight excluding hydrogens is 272 g/mol.